The molecule has 2 fully saturated rings. The maximum Gasteiger partial charge on any atom is 0.308 e. The molecule has 1 aromatic carbocycles. The highest BCUT2D eigenvalue weighted by Crippen LogP contribution is 2.61. The molecule has 2 saturated carbocycles. The Morgan fingerprint density at radius 2 is 1.41 bits per heavy atom. The van der Waals surface area contributed by atoms with Crippen molar-refractivity contribution in [3.63, 3.8) is 0 Å². The fraction of sp³-hybridized carbons (Fsp3) is 0.615. The molecule has 1 aromatic rings. The number of fused-ring (bicyclic) bond motifs is 3. The van der Waals surface area contributed by atoms with Gasteiger partial charge in [-0.05, 0) is 61.1 Å². The van der Waals surface area contributed by atoms with Crippen molar-refractivity contribution in [1.82, 2.24) is 4.90 Å². The summed E-state index contributed by atoms with van der Waals surface area (Å²) >= 11 is 0. The largest absolute Gasteiger partial charge is 0.462 e. The summed E-state index contributed by atoms with van der Waals surface area (Å²) in [6.07, 6.45) is -6.59. The van der Waals surface area contributed by atoms with Gasteiger partial charge in [0.2, 0.25) is 0 Å². The predicted octanol–water partition coefficient (Wildman–Crippen LogP) is 4.64. The van der Waals surface area contributed by atoms with Crippen LogP contribution >= 0.6 is 0 Å². The average Bonchev–Trinajstić information content (AvgIpc) is 3.01. The van der Waals surface area contributed by atoms with Gasteiger partial charge in [-0.1, -0.05) is 57.7 Å². The number of benzene rings is 1. The zero-order chi connectivity index (χ0) is 38.2. The Kier molecular flexibility index (Phi) is 11.9. The average molecular weight is 712 g/mol. The molecule has 1 N–H and O–H groups in total. The van der Waals surface area contributed by atoms with Crippen LogP contribution in [0.15, 0.2) is 53.6 Å². The molecule has 0 amide bonds. The molecular formula is C39H53NO11. The second-order valence-electron chi connectivity index (χ2n) is 15.1. The summed E-state index contributed by atoms with van der Waals surface area (Å²) in [6.45, 7) is 16.6. The monoisotopic (exact) mass is 711 g/mol. The van der Waals surface area contributed by atoms with Crippen LogP contribution in [-0.2, 0) is 47.7 Å². The van der Waals surface area contributed by atoms with Crippen molar-refractivity contribution >= 4 is 29.8 Å². The lowest BCUT2D eigenvalue weighted by molar-refractivity contribution is -0.226. The SMILES string of the molecule is C=C1[C@@H](OC(=O)CC(c2ccccc2)N(C)C)C[C@H](OC(C)=O)[C@@]2(C)[C@@H](OC(C)=O)[C@H](OC(C)=O)C3=C(C)[C@@H](OC(C)=O)CC([C@@H](O)[C@H]12)C3(C)C. The fourth-order valence-corrected chi connectivity index (χ4v) is 8.94. The quantitative estimate of drug-likeness (QED) is 0.216. The van der Waals surface area contributed by atoms with Crippen LogP contribution in [0.2, 0.25) is 0 Å². The van der Waals surface area contributed by atoms with Crippen LogP contribution in [0.1, 0.15) is 86.3 Å². The molecule has 10 atom stereocenters. The summed E-state index contributed by atoms with van der Waals surface area (Å²) in [7, 11) is 3.73. The van der Waals surface area contributed by atoms with Crippen molar-refractivity contribution in [1.29, 1.82) is 0 Å². The van der Waals surface area contributed by atoms with Gasteiger partial charge in [-0.25, -0.2) is 0 Å². The molecule has 12 nitrogen and oxygen atoms in total. The molecule has 3 aliphatic rings. The Labute approximate surface area is 300 Å². The van der Waals surface area contributed by atoms with E-state index < -0.39 is 89.1 Å². The molecule has 0 heterocycles. The molecule has 2 unspecified atom stereocenters. The third-order valence-electron chi connectivity index (χ3n) is 11.2. The number of hydrogen-bond acceptors (Lipinski definition) is 12. The van der Waals surface area contributed by atoms with E-state index in [9.17, 15) is 29.1 Å². The van der Waals surface area contributed by atoms with E-state index in [0.29, 0.717) is 16.7 Å². The van der Waals surface area contributed by atoms with E-state index in [0.717, 1.165) is 5.56 Å². The van der Waals surface area contributed by atoms with Crippen LogP contribution in [0.4, 0.5) is 0 Å². The van der Waals surface area contributed by atoms with E-state index in [1.54, 1.807) is 13.8 Å². The third-order valence-corrected chi connectivity index (χ3v) is 11.2. The molecule has 12 heteroatoms. The number of esters is 5. The minimum absolute atomic E-state index is 0.00125. The number of carbonyl (C=O) groups excluding carboxylic acids is 5. The summed E-state index contributed by atoms with van der Waals surface area (Å²) < 4.78 is 30.1. The first kappa shape index (κ1) is 39.8. The van der Waals surface area contributed by atoms with Crippen molar-refractivity contribution in [3.05, 3.63) is 59.2 Å². The first-order valence-corrected chi connectivity index (χ1v) is 17.4. The molecule has 51 heavy (non-hydrogen) atoms. The number of aliphatic hydroxyl groups excluding tert-OH is 1. The number of aliphatic hydroxyl groups is 1. The summed E-state index contributed by atoms with van der Waals surface area (Å²) in [4.78, 5) is 66.5. The normalized spacial score (nSPS) is 32.0. The van der Waals surface area contributed by atoms with Gasteiger partial charge < -0.3 is 33.7 Å². The van der Waals surface area contributed by atoms with Gasteiger partial charge >= 0.3 is 29.8 Å². The molecule has 3 aliphatic carbocycles. The third kappa shape index (κ3) is 7.91. The zero-order valence-corrected chi connectivity index (χ0v) is 31.4. The molecule has 0 spiro atoms. The minimum atomic E-state index is -1.46. The summed E-state index contributed by atoms with van der Waals surface area (Å²) in [5.74, 6) is -4.76. The van der Waals surface area contributed by atoms with Gasteiger partial charge in [0.05, 0.1) is 17.9 Å². The Hall–Kier alpha value is -4.03. The molecule has 0 aromatic heterocycles. The molecule has 2 bridgehead atoms. The highest BCUT2D eigenvalue weighted by molar-refractivity contribution is 5.72. The van der Waals surface area contributed by atoms with Gasteiger partial charge in [-0.3, -0.25) is 24.0 Å². The van der Waals surface area contributed by atoms with E-state index in [-0.39, 0.29) is 25.3 Å². The summed E-state index contributed by atoms with van der Waals surface area (Å²) in [5.41, 5.74) is 0.0162. The van der Waals surface area contributed by atoms with Crippen molar-refractivity contribution < 1.29 is 52.8 Å². The van der Waals surface area contributed by atoms with E-state index >= 15 is 0 Å². The van der Waals surface area contributed by atoms with Gasteiger partial charge in [0.15, 0.2) is 12.2 Å². The predicted molar refractivity (Wildman–Crippen MR) is 186 cm³/mol. The second-order valence-corrected chi connectivity index (χ2v) is 15.1. The fourth-order valence-electron chi connectivity index (χ4n) is 8.94. The molecule has 0 radical (unpaired) electrons. The molecule has 280 valence electrons. The van der Waals surface area contributed by atoms with Crippen LogP contribution < -0.4 is 0 Å². The van der Waals surface area contributed by atoms with Crippen molar-refractivity contribution in [2.24, 2.45) is 22.7 Å². The highest BCUT2D eigenvalue weighted by atomic mass is 16.6. The van der Waals surface area contributed by atoms with Crippen LogP contribution in [0.3, 0.4) is 0 Å². The maximum absolute atomic E-state index is 13.7. The Bertz CT molecular complexity index is 1570. The standard InChI is InChI=1S/C39H53NO11/c1-20-30(51-32(45)18-28(40(10)11)26-15-13-12-14-16-26)19-31(48-23(4)42)39(9)33(20)35(46)27-17-29(47-22(3)41)21(2)34(38(27,7)8)36(49-24(5)43)37(39)50-25(6)44/h12-16,27-31,33,35-37,46H,1,17-19H2,2-11H3/t27?,28?,29-,30-,31-,33-,35+,36+,37-,39+/m0/s1. The van der Waals surface area contributed by atoms with Crippen LogP contribution in [0.5, 0.6) is 0 Å². The van der Waals surface area contributed by atoms with E-state index in [1.807, 2.05) is 63.2 Å². The highest BCUT2D eigenvalue weighted by Gasteiger charge is 2.67. The lowest BCUT2D eigenvalue weighted by Crippen LogP contribution is -2.68. The lowest BCUT2D eigenvalue weighted by Gasteiger charge is -2.61. The van der Waals surface area contributed by atoms with Crippen molar-refractivity contribution in [2.75, 3.05) is 14.1 Å². The van der Waals surface area contributed by atoms with Crippen LogP contribution in [0.25, 0.3) is 0 Å². The number of carbonyl (C=O) groups is 5. The van der Waals surface area contributed by atoms with E-state index in [1.165, 1.54) is 27.7 Å². The topological polar surface area (TPSA) is 155 Å². The van der Waals surface area contributed by atoms with Gasteiger partial charge in [0.1, 0.15) is 18.3 Å². The number of ether oxygens (including phenoxy) is 5. The van der Waals surface area contributed by atoms with E-state index in [2.05, 4.69) is 6.58 Å². The molecule has 4 rings (SSSR count). The van der Waals surface area contributed by atoms with Gasteiger partial charge in [-0.2, -0.15) is 0 Å². The Morgan fingerprint density at radius 3 is 1.94 bits per heavy atom. The van der Waals surface area contributed by atoms with Crippen LogP contribution in [0, 0.1) is 22.7 Å². The summed E-state index contributed by atoms with van der Waals surface area (Å²) in [5, 5.41) is 12.7. The van der Waals surface area contributed by atoms with Crippen molar-refractivity contribution in [2.45, 2.75) is 117 Å². The first-order valence-electron chi connectivity index (χ1n) is 17.4. The molecule has 0 saturated heterocycles. The number of hydrogen-bond donors (Lipinski definition) is 1. The Morgan fingerprint density at radius 1 is 0.843 bits per heavy atom. The van der Waals surface area contributed by atoms with Gasteiger partial charge in [-0.15, -0.1) is 0 Å². The zero-order valence-electron chi connectivity index (χ0n) is 31.4. The van der Waals surface area contributed by atoms with Gasteiger partial charge in [0.25, 0.3) is 0 Å². The Balaban J connectivity index is 1.91. The minimum Gasteiger partial charge on any atom is -0.462 e. The molecule has 0 aliphatic heterocycles. The summed E-state index contributed by atoms with van der Waals surface area (Å²) in [6, 6.07) is 9.24. The van der Waals surface area contributed by atoms with Crippen molar-refractivity contribution in [3.8, 4) is 0 Å². The smallest absolute Gasteiger partial charge is 0.308 e. The van der Waals surface area contributed by atoms with Gasteiger partial charge in [0, 0.05) is 46.1 Å². The number of rotatable bonds is 9. The lowest BCUT2D eigenvalue weighted by atomic mass is 9.48. The maximum atomic E-state index is 13.7. The molecular weight excluding hydrogens is 658 g/mol. The second kappa shape index (κ2) is 15.3. The number of nitrogens with zero attached hydrogens (tertiary/aromatic N) is 1. The van der Waals surface area contributed by atoms with E-state index in [4.69, 9.17) is 23.7 Å². The first-order chi connectivity index (χ1) is 23.7. The van der Waals surface area contributed by atoms with Crippen LogP contribution in [-0.4, -0.2) is 90.6 Å².